The van der Waals surface area contributed by atoms with E-state index in [4.69, 9.17) is 4.74 Å². The van der Waals surface area contributed by atoms with Crippen LogP contribution >= 0.6 is 15.9 Å². The molecule has 0 saturated carbocycles. The molecule has 24 heavy (non-hydrogen) atoms. The lowest BCUT2D eigenvalue weighted by Crippen LogP contribution is -2.65. The Labute approximate surface area is 152 Å². The van der Waals surface area contributed by atoms with Crippen molar-refractivity contribution in [2.45, 2.75) is 45.7 Å². The Hall–Kier alpha value is -1.53. The van der Waals surface area contributed by atoms with Crippen LogP contribution in [0.2, 0.25) is 11.1 Å². The number of benzene rings is 1. The molecule has 0 fully saturated rings. The summed E-state index contributed by atoms with van der Waals surface area (Å²) in [5.74, 6) is 0.289. The monoisotopic (exact) mass is 406 g/mol. The molecule has 2 aromatic rings. The molecule has 2 rings (SSSR count). The molecule has 0 aliphatic heterocycles. The van der Waals surface area contributed by atoms with E-state index >= 15 is 0 Å². The first-order chi connectivity index (χ1) is 11.3. The van der Waals surface area contributed by atoms with Gasteiger partial charge in [0.25, 0.3) is 0 Å². The second-order valence-corrected chi connectivity index (χ2v) is 12.3. The van der Waals surface area contributed by atoms with Gasteiger partial charge in [-0.2, -0.15) is 0 Å². The molecule has 0 atom stereocenters. The van der Waals surface area contributed by atoms with Crippen LogP contribution in [0.1, 0.15) is 34.6 Å². The maximum atomic E-state index is 11.6. The van der Waals surface area contributed by atoms with Crippen LogP contribution in [-0.2, 0) is 4.79 Å². The minimum Gasteiger partial charge on any atom is -0.427 e. The van der Waals surface area contributed by atoms with E-state index in [-0.39, 0.29) is 5.97 Å². The smallest absolute Gasteiger partial charge is 0.308 e. The number of carbonyl (C=O) groups is 1. The highest BCUT2D eigenvalue weighted by molar-refractivity contribution is 9.10. The summed E-state index contributed by atoms with van der Waals surface area (Å²) in [4.78, 5) is 20.9. The van der Waals surface area contributed by atoms with E-state index in [1.807, 2.05) is 24.3 Å². The van der Waals surface area contributed by atoms with Gasteiger partial charge in [-0.1, -0.05) is 49.7 Å². The van der Waals surface area contributed by atoms with Crippen molar-refractivity contribution in [3.63, 3.8) is 0 Å². The van der Waals surface area contributed by atoms with Gasteiger partial charge in [0.05, 0.1) is 0 Å². The molecular weight excluding hydrogens is 384 g/mol. The zero-order chi connectivity index (χ0) is 17.9. The number of hydrogen-bond acceptors (Lipinski definition) is 4. The van der Waals surface area contributed by atoms with Crippen LogP contribution < -0.4 is 15.4 Å². The van der Waals surface area contributed by atoms with Crippen molar-refractivity contribution in [1.82, 2.24) is 9.97 Å². The number of carbonyl (C=O) groups excluding carboxylic acids is 1. The van der Waals surface area contributed by atoms with Crippen LogP contribution in [-0.4, -0.2) is 24.0 Å². The SMILES string of the molecule is CC(=O)Oc1cccc(Br)c1[Si](c1ncccn1)(C(C)C)C(C)C. The third kappa shape index (κ3) is 3.30. The van der Waals surface area contributed by atoms with E-state index < -0.39 is 8.07 Å². The summed E-state index contributed by atoms with van der Waals surface area (Å²) in [6, 6.07) is 7.57. The summed E-state index contributed by atoms with van der Waals surface area (Å²) in [7, 11) is -2.40. The van der Waals surface area contributed by atoms with Crippen molar-refractivity contribution < 1.29 is 9.53 Å². The highest BCUT2D eigenvalue weighted by atomic mass is 79.9. The second-order valence-electron chi connectivity index (χ2n) is 6.46. The van der Waals surface area contributed by atoms with Crippen molar-refractivity contribution in [1.29, 1.82) is 0 Å². The lowest BCUT2D eigenvalue weighted by atomic mass is 10.3. The van der Waals surface area contributed by atoms with Gasteiger partial charge in [0.2, 0.25) is 0 Å². The fraction of sp³-hybridized carbons (Fsp3) is 0.389. The van der Waals surface area contributed by atoms with Crippen LogP contribution in [0.3, 0.4) is 0 Å². The third-order valence-electron chi connectivity index (χ3n) is 4.40. The predicted octanol–water partition coefficient (Wildman–Crippen LogP) is 3.55. The van der Waals surface area contributed by atoms with Crippen LogP contribution in [0.4, 0.5) is 0 Å². The highest BCUT2D eigenvalue weighted by Gasteiger charge is 2.49. The van der Waals surface area contributed by atoms with Crippen molar-refractivity contribution in [3.05, 3.63) is 41.1 Å². The van der Waals surface area contributed by atoms with E-state index in [0.29, 0.717) is 16.8 Å². The normalized spacial score (nSPS) is 11.8. The van der Waals surface area contributed by atoms with Crippen LogP contribution in [0.15, 0.2) is 41.1 Å². The molecule has 0 amide bonds. The Bertz CT molecular complexity index is 712. The highest BCUT2D eigenvalue weighted by Crippen LogP contribution is 2.36. The Morgan fingerprint density at radius 3 is 2.17 bits per heavy atom. The summed E-state index contributed by atoms with van der Waals surface area (Å²) < 4.78 is 6.51. The quantitative estimate of drug-likeness (QED) is 0.432. The molecule has 0 radical (unpaired) electrons. The number of ether oxygens (including phenoxy) is 1. The summed E-state index contributed by atoms with van der Waals surface area (Å²) >= 11 is 3.69. The van der Waals surface area contributed by atoms with Gasteiger partial charge in [0.1, 0.15) is 11.2 Å². The van der Waals surface area contributed by atoms with Crippen LogP contribution in [0.25, 0.3) is 0 Å². The molecule has 1 heterocycles. The van der Waals surface area contributed by atoms with Gasteiger partial charge in [-0.05, 0) is 29.3 Å². The average Bonchev–Trinajstić information content (AvgIpc) is 2.50. The predicted molar refractivity (Wildman–Crippen MR) is 103 cm³/mol. The molecule has 6 heteroatoms. The lowest BCUT2D eigenvalue weighted by Gasteiger charge is -2.39. The van der Waals surface area contributed by atoms with Crippen LogP contribution in [0, 0.1) is 0 Å². The Kier molecular flexibility index (Phi) is 5.93. The Morgan fingerprint density at radius 2 is 1.67 bits per heavy atom. The molecule has 1 aromatic carbocycles. The van der Waals surface area contributed by atoms with E-state index in [9.17, 15) is 4.79 Å². The van der Waals surface area contributed by atoms with E-state index in [1.54, 1.807) is 12.4 Å². The minimum atomic E-state index is -2.40. The van der Waals surface area contributed by atoms with Crippen molar-refractivity contribution >= 4 is 40.6 Å². The van der Waals surface area contributed by atoms with Gasteiger partial charge in [-0.3, -0.25) is 4.79 Å². The molecule has 0 N–H and O–H groups in total. The summed E-state index contributed by atoms with van der Waals surface area (Å²) in [5.41, 5.74) is 1.52. The van der Waals surface area contributed by atoms with E-state index in [0.717, 1.165) is 15.1 Å². The lowest BCUT2D eigenvalue weighted by molar-refractivity contribution is -0.131. The van der Waals surface area contributed by atoms with Gasteiger partial charge in [0, 0.05) is 29.0 Å². The topological polar surface area (TPSA) is 52.1 Å². The number of nitrogens with zero attached hydrogens (tertiary/aromatic N) is 2. The van der Waals surface area contributed by atoms with Gasteiger partial charge in [-0.25, -0.2) is 9.97 Å². The number of halogens is 1. The summed E-state index contributed by atoms with van der Waals surface area (Å²) in [6.07, 6.45) is 3.58. The van der Waals surface area contributed by atoms with Crippen molar-refractivity contribution in [2.75, 3.05) is 0 Å². The molecule has 1 aromatic heterocycles. The second kappa shape index (κ2) is 7.57. The van der Waals surface area contributed by atoms with Gasteiger partial charge < -0.3 is 4.74 Å². The Balaban J connectivity index is 2.86. The molecule has 0 spiro atoms. The number of rotatable bonds is 5. The zero-order valence-electron chi connectivity index (χ0n) is 14.7. The molecular formula is C18H23BrN2O2Si. The molecule has 4 nitrogen and oxygen atoms in total. The fourth-order valence-corrected chi connectivity index (χ4v) is 10.2. The first-order valence-corrected chi connectivity index (χ1v) is 11.0. The summed E-state index contributed by atoms with van der Waals surface area (Å²) in [6.45, 7) is 10.3. The maximum absolute atomic E-state index is 11.6. The average molecular weight is 407 g/mol. The molecule has 0 aliphatic rings. The maximum Gasteiger partial charge on any atom is 0.308 e. The molecule has 0 saturated heterocycles. The minimum absolute atomic E-state index is 0.321. The number of esters is 1. The van der Waals surface area contributed by atoms with E-state index in [1.165, 1.54) is 6.92 Å². The Morgan fingerprint density at radius 1 is 1.08 bits per heavy atom. The third-order valence-corrected chi connectivity index (χ3v) is 11.4. The van der Waals surface area contributed by atoms with Gasteiger partial charge in [0.15, 0.2) is 8.07 Å². The molecule has 128 valence electrons. The molecule has 0 unspecified atom stereocenters. The first-order valence-electron chi connectivity index (χ1n) is 8.06. The standard InChI is InChI=1S/C18H23BrN2O2Si/c1-12(2)24(13(3)4,18-20-10-7-11-21-18)17-15(19)8-6-9-16(17)23-14(5)22/h6-13H,1-5H3. The largest absolute Gasteiger partial charge is 0.427 e. The number of aromatic nitrogens is 2. The zero-order valence-corrected chi connectivity index (χ0v) is 17.3. The molecule has 0 aliphatic carbocycles. The fourth-order valence-electron chi connectivity index (χ4n) is 3.53. The van der Waals surface area contributed by atoms with Gasteiger partial charge in [-0.15, -0.1) is 0 Å². The van der Waals surface area contributed by atoms with E-state index in [2.05, 4.69) is 53.6 Å². The van der Waals surface area contributed by atoms with Crippen molar-refractivity contribution in [2.24, 2.45) is 0 Å². The van der Waals surface area contributed by atoms with Crippen molar-refractivity contribution in [3.8, 4) is 5.75 Å². The summed E-state index contributed by atoms with van der Waals surface area (Å²) in [5, 5.41) is 1.05. The number of hydrogen-bond donors (Lipinski definition) is 0. The molecule has 0 bridgehead atoms. The van der Waals surface area contributed by atoms with Gasteiger partial charge >= 0.3 is 5.97 Å². The van der Waals surface area contributed by atoms with Crippen LogP contribution in [0.5, 0.6) is 5.75 Å². The first kappa shape index (κ1) is 18.8.